The maximum absolute atomic E-state index is 11.5. The van der Waals surface area contributed by atoms with Crippen molar-refractivity contribution in [1.82, 2.24) is 4.90 Å². The van der Waals surface area contributed by atoms with Crippen LogP contribution in [0.25, 0.3) is 0 Å². The van der Waals surface area contributed by atoms with Crippen molar-refractivity contribution in [2.45, 2.75) is 57.6 Å². The van der Waals surface area contributed by atoms with Crippen molar-refractivity contribution in [3.05, 3.63) is 34.9 Å². The maximum atomic E-state index is 11.5. The molecule has 126 valence electrons. The molecular weight excluding hydrogens is 288 g/mol. The molecule has 0 spiro atoms. The van der Waals surface area contributed by atoms with Crippen LogP contribution < -0.4 is 5.73 Å². The normalized spacial score (nSPS) is 30.8. The van der Waals surface area contributed by atoms with Crippen LogP contribution in [0, 0.1) is 5.92 Å². The molecule has 0 radical (unpaired) electrons. The van der Waals surface area contributed by atoms with E-state index in [2.05, 4.69) is 24.8 Å². The topological polar surface area (TPSA) is 66.6 Å². The smallest absolute Gasteiger partial charge is 0.248 e. The number of amides is 1. The van der Waals surface area contributed by atoms with Crippen LogP contribution in [0.5, 0.6) is 0 Å². The number of hydrogen-bond donors (Lipinski definition) is 2. The molecule has 1 amide bonds. The number of rotatable bonds is 3. The zero-order chi connectivity index (χ0) is 17.0. The van der Waals surface area contributed by atoms with Gasteiger partial charge in [-0.3, -0.25) is 9.69 Å². The van der Waals surface area contributed by atoms with E-state index in [0.717, 1.165) is 19.4 Å². The zero-order valence-electron chi connectivity index (χ0n) is 14.6. The van der Waals surface area contributed by atoms with Crippen LogP contribution in [0.15, 0.2) is 18.2 Å². The maximum Gasteiger partial charge on any atom is 0.248 e. The Labute approximate surface area is 138 Å². The Morgan fingerprint density at radius 1 is 1.48 bits per heavy atom. The minimum atomic E-state index is -0.677. The van der Waals surface area contributed by atoms with E-state index in [9.17, 15) is 9.90 Å². The molecule has 4 nitrogen and oxygen atoms in total. The number of nitrogens with two attached hydrogens (primary N) is 1. The Morgan fingerprint density at radius 2 is 2.17 bits per heavy atom. The summed E-state index contributed by atoms with van der Waals surface area (Å²) in [6, 6.07) is 6.36. The third-order valence-electron chi connectivity index (χ3n) is 6.00. The standard InChI is InChI=1S/C19H28N2O2/c1-12-16-10-13-5-6-14(17(20)22)9-15(13)19(12,4)7-8-21(16)11-18(2,3)23/h5-6,9,12,16,23H,7-8,10-11H2,1-4H3,(H2,20,22)/t12-,16+,19?/m0/s1. The molecule has 4 heteroatoms. The molecule has 1 aromatic carbocycles. The van der Waals surface area contributed by atoms with Crippen LogP contribution in [-0.2, 0) is 11.8 Å². The van der Waals surface area contributed by atoms with E-state index in [4.69, 9.17) is 5.73 Å². The highest BCUT2D eigenvalue weighted by atomic mass is 16.3. The molecule has 1 saturated heterocycles. The molecule has 1 fully saturated rings. The first kappa shape index (κ1) is 16.5. The average molecular weight is 316 g/mol. The Balaban J connectivity index is 1.99. The molecule has 1 heterocycles. The Hall–Kier alpha value is -1.39. The fourth-order valence-corrected chi connectivity index (χ4v) is 4.55. The second-order valence-corrected chi connectivity index (χ2v) is 8.25. The van der Waals surface area contributed by atoms with Gasteiger partial charge in [0.25, 0.3) is 0 Å². The van der Waals surface area contributed by atoms with Crippen LogP contribution in [0.2, 0.25) is 0 Å². The summed E-state index contributed by atoms with van der Waals surface area (Å²) in [4.78, 5) is 14.0. The van der Waals surface area contributed by atoms with E-state index in [0.29, 0.717) is 24.1 Å². The summed E-state index contributed by atoms with van der Waals surface area (Å²) in [5.74, 6) is 0.125. The minimum absolute atomic E-state index is 0.0693. The first-order chi connectivity index (χ1) is 10.6. The van der Waals surface area contributed by atoms with E-state index in [-0.39, 0.29) is 11.3 Å². The van der Waals surface area contributed by atoms with E-state index in [1.165, 1.54) is 11.1 Å². The molecule has 1 aliphatic carbocycles. The molecule has 3 N–H and O–H groups in total. The Morgan fingerprint density at radius 3 is 2.78 bits per heavy atom. The highest BCUT2D eigenvalue weighted by Crippen LogP contribution is 2.48. The Kier molecular flexibility index (Phi) is 3.81. The molecule has 3 rings (SSSR count). The van der Waals surface area contributed by atoms with Gasteiger partial charge in [-0.05, 0) is 67.8 Å². The number of aliphatic hydroxyl groups is 1. The first-order valence-electron chi connectivity index (χ1n) is 8.51. The Bertz CT molecular complexity index is 635. The number of carbonyl (C=O) groups is 1. The summed E-state index contributed by atoms with van der Waals surface area (Å²) >= 11 is 0. The lowest BCUT2D eigenvalue weighted by Gasteiger charge is -2.55. The largest absolute Gasteiger partial charge is 0.389 e. The average Bonchev–Trinajstić information content (AvgIpc) is 2.44. The minimum Gasteiger partial charge on any atom is -0.389 e. The van der Waals surface area contributed by atoms with Crippen molar-refractivity contribution in [2.75, 3.05) is 13.1 Å². The molecule has 2 aliphatic rings. The molecule has 1 aromatic rings. The second-order valence-electron chi connectivity index (χ2n) is 8.25. The lowest BCUT2D eigenvalue weighted by molar-refractivity contribution is -0.0296. The number of likely N-dealkylation sites (tertiary alicyclic amines) is 1. The van der Waals surface area contributed by atoms with Gasteiger partial charge in [0.2, 0.25) is 5.91 Å². The van der Waals surface area contributed by atoms with Crippen molar-refractivity contribution in [1.29, 1.82) is 0 Å². The quantitative estimate of drug-likeness (QED) is 0.897. The fourth-order valence-electron chi connectivity index (χ4n) is 4.55. The van der Waals surface area contributed by atoms with Crippen molar-refractivity contribution in [2.24, 2.45) is 11.7 Å². The number of fused-ring (bicyclic) bond motifs is 4. The molecule has 23 heavy (non-hydrogen) atoms. The number of carbonyl (C=O) groups excluding carboxylic acids is 1. The molecule has 3 atom stereocenters. The van der Waals surface area contributed by atoms with Crippen molar-refractivity contribution >= 4 is 5.91 Å². The number of primary amides is 1. The summed E-state index contributed by atoms with van der Waals surface area (Å²) in [6.45, 7) is 10.1. The fraction of sp³-hybridized carbons (Fsp3) is 0.632. The van der Waals surface area contributed by atoms with Gasteiger partial charge in [-0.2, -0.15) is 0 Å². The molecule has 0 saturated carbocycles. The number of β-amino-alcohol motifs (C(OH)–C–C–N with tert-alkyl or cyclic N) is 1. The highest BCUT2D eigenvalue weighted by Gasteiger charge is 2.48. The SMILES string of the molecule is C[C@H]1[C@H]2Cc3ccc(C(N)=O)cc3C1(C)CCN2CC(C)(C)O. The van der Waals surface area contributed by atoms with Gasteiger partial charge in [0.15, 0.2) is 0 Å². The van der Waals surface area contributed by atoms with Crippen molar-refractivity contribution in [3.8, 4) is 0 Å². The van der Waals surface area contributed by atoms with Crippen molar-refractivity contribution in [3.63, 3.8) is 0 Å². The van der Waals surface area contributed by atoms with Crippen LogP contribution in [0.1, 0.15) is 55.6 Å². The van der Waals surface area contributed by atoms with Crippen LogP contribution in [0.4, 0.5) is 0 Å². The van der Waals surface area contributed by atoms with Gasteiger partial charge in [-0.15, -0.1) is 0 Å². The van der Waals surface area contributed by atoms with Crippen molar-refractivity contribution < 1.29 is 9.90 Å². The molecule has 1 aliphatic heterocycles. The summed E-state index contributed by atoms with van der Waals surface area (Å²) < 4.78 is 0. The van der Waals surface area contributed by atoms with Crippen LogP contribution >= 0.6 is 0 Å². The van der Waals surface area contributed by atoms with Crippen LogP contribution in [0.3, 0.4) is 0 Å². The molecule has 0 aromatic heterocycles. The molecular formula is C19H28N2O2. The number of nitrogens with zero attached hydrogens (tertiary/aromatic N) is 1. The number of hydrogen-bond acceptors (Lipinski definition) is 3. The van der Waals surface area contributed by atoms with Gasteiger partial charge in [-0.25, -0.2) is 0 Å². The van der Waals surface area contributed by atoms with Crippen LogP contribution in [-0.4, -0.2) is 40.6 Å². The molecule has 2 bridgehead atoms. The van der Waals surface area contributed by atoms with Gasteiger partial charge >= 0.3 is 0 Å². The predicted molar refractivity (Wildman–Crippen MR) is 91.5 cm³/mol. The number of benzene rings is 1. The van der Waals surface area contributed by atoms with Gasteiger partial charge in [-0.1, -0.05) is 19.9 Å². The monoisotopic (exact) mass is 316 g/mol. The van der Waals surface area contributed by atoms with Gasteiger partial charge in [0.1, 0.15) is 0 Å². The summed E-state index contributed by atoms with van der Waals surface area (Å²) in [6.07, 6.45) is 2.01. The third-order valence-corrected chi connectivity index (χ3v) is 6.00. The lowest BCUT2D eigenvalue weighted by Crippen LogP contribution is -2.60. The van der Waals surface area contributed by atoms with E-state index in [1.807, 2.05) is 26.0 Å². The predicted octanol–water partition coefficient (Wildman–Crippen LogP) is 2.08. The first-order valence-corrected chi connectivity index (χ1v) is 8.51. The summed E-state index contributed by atoms with van der Waals surface area (Å²) in [7, 11) is 0. The lowest BCUT2D eigenvalue weighted by atomic mass is 9.58. The van der Waals surface area contributed by atoms with E-state index >= 15 is 0 Å². The molecule has 1 unspecified atom stereocenters. The summed E-state index contributed by atoms with van der Waals surface area (Å²) in [5.41, 5.74) is 8.08. The van der Waals surface area contributed by atoms with Gasteiger partial charge < -0.3 is 10.8 Å². The van der Waals surface area contributed by atoms with Gasteiger partial charge in [0, 0.05) is 18.2 Å². The zero-order valence-corrected chi connectivity index (χ0v) is 14.6. The van der Waals surface area contributed by atoms with E-state index in [1.54, 1.807) is 0 Å². The third kappa shape index (κ3) is 2.79. The highest BCUT2D eigenvalue weighted by molar-refractivity contribution is 5.93. The van der Waals surface area contributed by atoms with Gasteiger partial charge in [0.05, 0.1) is 5.60 Å². The van der Waals surface area contributed by atoms with E-state index < -0.39 is 5.60 Å². The number of piperidine rings is 1. The summed E-state index contributed by atoms with van der Waals surface area (Å²) in [5, 5.41) is 10.2. The second kappa shape index (κ2) is 5.32.